The molecule has 0 aromatic carbocycles. The molecule has 0 saturated carbocycles. The zero-order valence-corrected chi connectivity index (χ0v) is 9.80. The molecule has 2 N–H and O–H groups in total. The van der Waals surface area contributed by atoms with Gasteiger partial charge in [-0.15, -0.1) is 11.3 Å². The van der Waals surface area contributed by atoms with Crippen molar-refractivity contribution in [3.05, 3.63) is 45.5 Å². The molecule has 0 bridgehead atoms. The second kappa shape index (κ2) is 4.21. The van der Waals surface area contributed by atoms with Gasteiger partial charge in [0, 0.05) is 16.9 Å². The van der Waals surface area contributed by atoms with Crippen molar-refractivity contribution in [1.29, 1.82) is 0 Å². The van der Waals surface area contributed by atoms with Crippen molar-refractivity contribution in [3.63, 3.8) is 0 Å². The fourth-order valence-electron chi connectivity index (χ4n) is 1.76. The molecule has 2 heterocycles. The molecule has 0 aliphatic rings. The first-order valence-corrected chi connectivity index (χ1v) is 5.97. The topological polar surface area (TPSA) is 39.2 Å². The molecule has 0 amide bonds. The van der Waals surface area contributed by atoms with Crippen LogP contribution in [-0.4, -0.2) is 0 Å². The molecule has 0 radical (unpaired) electrons. The summed E-state index contributed by atoms with van der Waals surface area (Å²) in [6, 6.07) is 4.03. The highest BCUT2D eigenvalue weighted by Gasteiger charge is 2.17. The molecule has 0 aliphatic heterocycles. The summed E-state index contributed by atoms with van der Waals surface area (Å²) in [6.07, 6.45) is 2.61. The molecular weight excluding hydrogens is 206 g/mol. The standard InChI is InChI=1S/C12H15NOS/c1-3-10-9(4-6-14-10)11(13)12-8(2)5-7-15-12/h4-7,11H,3,13H2,1-2H3. The Bertz CT molecular complexity index is 444. The molecule has 2 aromatic rings. The van der Waals surface area contributed by atoms with E-state index in [9.17, 15) is 0 Å². The predicted octanol–water partition coefficient (Wildman–Crippen LogP) is 3.26. The fraction of sp³-hybridized carbons (Fsp3) is 0.333. The predicted molar refractivity (Wildman–Crippen MR) is 63.2 cm³/mol. The third-order valence-corrected chi connectivity index (χ3v) is 3.72. The SMILES string of the molecule is CCc1occc1C(N)c1sccc1C. The van der Waals surface area contributed by atoms with Gasteiger partial charge in [-0.2, -0.15) is 0 Å². The van der Waals surface area contributed by atoms with Crippen LogP contribution in [0.5, 0.6) is 0 Å². The van der Waals surface area contributed by atoms with Gasteiger partial charge < -0.3 is 10.2 Å². The van der Waals surface area contributed by atoms with E-state index < -0.39 is 0 Å². The highest BCUT2D eigenvalue weighted by molar-refractivity contribution is 7.10. The highest BCUT2D eigenvalue weighted by atomic mass is 32.1. The quantitative estimate of drug-likeness (QED) is 0.864. The summed E-state index contributed by atoms with van der Waals surface area (Å²) in [5.74, 6) is 0.996. The Labute approximate surface area is 93.7 Å². The Morgan fingerprint density at radius 3 is 2.87 bits per heavy atom. The largest absolute Gasteiger partial charge is 0.469 e. The van der Waals surface area contributed by atoms with Gasteiger partial charge in [-0.25, -0.2) is 0 Å². The summed E-state index contributed by atoms with van der Waals surface area (Å²) in [7, 11) is 0. The number of furan rings is 1. The number of nitrogens with two attached hydrogens (primary N) is 1. The van der Waals surface area contributed by atoms with E-state index in [1.54, 1.807) is 17.6 Å². The Morgan fingerprint density at radius 2 is 2.27 bits per heavy atom. The van der Waals surface area contributed by atoms with E-state index in [0.29, 0.717) is 0 Å². The smallest absolute Gasteiger partial charge is 0.108 e. The van der Waals surface area contributed by atoms with Crippen LogP contribution >= 0.6 is 11.3 Å². The summed E-state index contributed by atoms with van der Waals surface area (Å²) in [6.45, 7) is 4.17. The van der Waals surface area contributed by atoms with Gasteiger partial charge in [0.25, 0.3) is 0 Å². The molecule has 0 aliphatic carbocycles. The Hall–Kier alpha value is -1.06. The summed E-state index contributed by atoms with van der Waals surface area (Å²) >= 11 is 1.71. The maximum Gasteiger partial charge on any atom is 0.108 e. The van der Waals surface area contributed by atoms with E-state index in [-0.39, 0.29) is 6.04 Å². The maximum atomic E-state index is 6.23. The van der Waals surface area contributed by atoms with Crippen molar-refractivity contribution in [2.45, 2.75) is 26.3 Å². The van der Waals surface area contributed by atoms with E-state index in [1.807, 2.05) is 6.07 Å². The average molecular weight is 221 g/mol. The molecule has 0 saturated heterocycles. The lowest BCUT2D eigenvalue weighted by Gasteiger charge is -2.10. The van der Waals surface area contributed by atoms with Crippen LogP contribution < -0.4 is 5.73 Å². The van der Waals surface area contributed by atoms with Gasteiger partial charge >= 0.3 is 0 Å². The van der Waals surface area contributed by atoms with E-state index >= 15 is 0 Å². The number of thiophene rings is 1. The highest BCUT2D eigenvalue weighted by Crippen LogP contribution is 2.29. The van der Waals surface area contributed by atoms with E-state index in [0.717, 1.165) is 17.7 Å². The molecular formula is C12H15NOS. The van der Waals surface area contributed by atoms with E-state index in [4.69, 9.17) is 10.2 Å². The Morgan fingerprint density at radius 1 is 1.47 bits per heavy atom. The Balaban J connectivity index is 2.36. The molecule has 80 valence electrons. The first-order valence-electron chi connectivity index (χ1n) is 5.10. The van der Waals surface area contributed by atoms with Crippen LogP contribution in [-0.2, 0) is 6.42 Å². The van der Waals surface area contributed by atoms with Crippen LogP contribution in [0.4, 0.5) is 0 Å². The molecule has 1 atom stereocenters. The van der Waals surface area contributed by atoms with Gasteiger partial charge in [0.15, 0.2) is 0 Å². The van der Waals surface area contributed by atoms with Gasteiger partial charge in [0.05, 0.1) is 12.3 Å². The fourth-order valence-corrected chi connectivity index (χ4v) is 2.71. The van der Waals surface area contributed by atoms with Crippen LogP contribution in [0.15, 0.2) is 28.2 Å². The number of hydrogen-bond acceptors (Lipinski definition) is 3. The van der Waals surface area contributed by atoms with Gasteiger partial charge in [-0.1, -0.05) is 6.92 Å². The molecule has 1 unspecified atom stereocenters. The lowest BCUT2D eigenvalue weighted by Crippen LogP contribution is -2.12. The normalized spacial score (nSPS) is 13.0. The summed E-state index contributed by atoms with van der Waals surface area (Å²) in [5.41, 5.74) is 8.61. The molecule has 15 heavy (non-hydrogen) atoms. The second-order valence-electron chi connectivity index (χ2n) is 3.60. The van der Waals surface area contributed by atoms with Crippen LogP contribution in [0.1, 0.15) is 34.7 Å². The van der Waals surface area contributed by atoms with Gasteiger partial charge in [-0.05, 0) is 30.0 Å². The zero-order valence-electron chi connectivity index (χ0n) is 8.99. The molecule has 3 heteroatoms. The van der Waals surface area contributed by atoms with Crippen molar-refractivity contribution in [2.24, 2.45) is 5.73 Å². The molecule has 2 aromatic heterocycles. The van der Waals surface area contributed by atoms with Crippen LogP contribution in [0.25, 0.3) is 0 Å². The zero-order chi connectivity index (χ0) is 10.8. The number of hydrogen-bond donors (Lipinski definition) is 1. The summed E-state index contributed by atoms with van der Waals surface area (Å²) in [5, 5.41) is 2.08. The van der Waals surface area contributed by atoms with Crippen molar-refractivity contribution in [2.75, 3.05) is 0 Å². The molecule has 2 nitrogen and oxygen atoms in total. The number of aryl methyl sites for hydroxylation is 2. The summed E-state index contributed by atoms with van der Waals surface area (Å²) in [4.78, 5) is 1.23. The summed E-state index contributed by atoms with van der Waals surface area (Å²) < 4.78 is 5.40. The lowest BCUT2D eigenvalue weighted by molar-refractivity contribution is 0.509. The van der Waals surface area contributed by atoms with Gasteiger partial charge in [-0.3, -0.25) is 0 Å². The minimum atomic E-state index is -0.0429. The van der Waals surface area contributed by atoms with Crippen molar-refractivity contribution >= 4 is 11.3 Å². The molecule has 0 fully saturated rings. The van der Waals surface area contributed by atoms with Crippen LogP contribution in [0.2, 0.25) is 0 Å². The van der Waals surface area contributed by atoms with Crippen molar-refractivity contribution < 1.29 is 4.42 Å². The average Bonchev–Trinajstić information content (AvgIpc) is 2.84. The monoisotopic (exact) mass is 221 g/mol. The lowest BCUT2D eigenvalue weighted by atomic mass is 10.0. The minimum Gasteiger partial charge on any atom is -0.469 e. The van der Waals surface area contributed by atoms with Crippen molar-refractivity contribution in [3.8, 4) is 0 Å². The minimum absolute atomic E-state index is 0.0429. The third kappa shape index (κ3) is 1.85. The first-order chi connectivity index (χ1) is 7.24. The van der Waals surface area contributed by atoms with Gasteiger partial charge in [0.1, 0.15) is 5.76 Å². The molecule has 2 rings (SSSR count). The van der Waals surface area contributed by atoms with Crippen LogP contribution in [0, 0.1) is 6.92 Å². The first kappa shape index (κ1) is 10.5. The van der Waals surface area contributed by atoms with Crippen molar-refractivity contribution in [1.82, 2.24) is 0 Å². The van der Waals surface area contributed by atoms with Gasteiger partial charge in [0.2, 0.25) is 0 Å². The number of rotatable bonds is 3. The third-order valence-electron chi connectivity index (χ3n) is 2.62. The second-order valence-corrected chi connectivity index (χ2v) is 4.55. The molecule has 0 spiro atoms. The van der Waals surface area contributed by atoms with Crippen LogP contribution in [0.3, 0.4) is 0 Å². The maximum absolute atomic E-state index is 6.23. The van der Waals surface area contributed by atoms with E-state index in [2.05, 4.69) is 25.3 Å². The van der Waals surface area contributed by atoms with E-state index in [1.165, 1.54) is 10.4 Å². The Kier molecular flexibility index (Phi) is 2.93.